The topological polar surface area (TPSA) is 55.4 Å². The number of cyclic esters (lactones) is 2. The van der Waals surface area contributed by atoms with Crippen LogP contribution in [0.5, 0.6) is 0 Å². The van der Waals surface area contributed by atoms with Crippen LogP contribution in [0.4, 0.5) is 4.79 Å². The molecule has 84 valence electrons. The Morgan fingerprint density at radius 1 is 1.31 bits per heavy atom. The Morgan fingerprint density at radius 3 is 2.62 bits per heavy atom. The maximum Gasteiger partial charge on any atom is 0.415 e. The van der Waals surface area contributed by atoms with Gasteiger partial charge in [0, 0.05) is 16.5 Å². The lowest BCUT2D eigenvalue weighted by atomic mass is 10.1. The van der Waals surface area contributed by atoms with Gasteiger partial charge in [-0.1, -0.05) is 29.3 Å². The number of hydrogen-bond acceptors (Lipinski definition) is 3. The van der Waals surface area contributed by atoms with Crippen LogP contribution in [0, 0.1) is 0 Å². The van der Waals surface area contributed by atoms with Crippen LogP contribution >= 0.6 is 23.2 Å². The van der Waals surface area contributed by atoms with E-state index in [1.165, 1.54) is 0 Å². The summed E-state index contributed by atoms with van der Waals surface area (Å²) in [7, 11) is 0. The minimum Gasteiger partial charge on any atom is -0.375 e. The van der Waals surface area contributed by atoms with E-state index in [2.05, 4.69) is 10.1 Å². The highest BCUT2D eigenvalue weighted by Crippen LogP contribution is 2.22. The van der Waals surface area contributed by atoms with Crippen molar-refractivity contribution >= 4 is 35.3 Å². The molecule has 1 heterocycles. The molecular formula is C10H7Cl2NO3. The number of ether oxygens (including phenoxy) is 1. The molecule has 0 saturated carbocycles. The summed E-state index contributed by atoms with van der Waals surface area (Å²) in [6.45, 7) is 0. The molecule has 1 aliphatic rings. The number of nitrogens with one attached hydrogen (secondary N) is 1. The van der Waals surface area contributed by atoms with Gasteiger partial charge >= 0.3 is 12.1 Å². The van der Waals surface area contributed by atoms with Crippen LogP contribution in [0.3, 0.4) is 0 Å². The van der Waals surface area contributed by atoms with Crippen LogP contribution in [0.2, 0.25) is 10.0 Å². The van der Waals surface area contributed by atoms with Gasteiger partial charge in [-0.3, -0.25) is 0 Å². The number of alkyl carbamates (subject to hydrolysis) is 1. The molecule has 0 bridgehead atoms. The van der Waals surface area contributed by atoms with E-state index in [0.29, 0.717) is 16.5 Å². The summed E-state index contributed by atoms with van der Waals surface area (Å²) >= 11 is 11.7. The minimum absolute atomic E-state index is 0.292. The number of carbonyl (C=O) groups is 2. The van der Waals surface area contributed by atoms with Gasteiger partial charge in [0.15, 0.2) is 0 Å². The van der Waals surface area contributed by atoms with E-state index in [1.807, 2.05) is 0 Å². The third-order valence-corrected chi connectivity index (χ3v) is 2.80. The zero-order valence-electron chi connectivity index (χ0n) is 8.00. The molecule has 1 N–H and O–H groups in total. The molecule has 0 radical (unpaired) electrons. The summed E-state index contributed by atoms with van der Waals surface area (Å²) in [5.41, 5.74) is 0.732. The molecule has 6 heteroatoms. The van der Waals surface area contributed by atoms with E-state index in [9.17, 15) is 9.59 Å². The number of esters is 1. The highest BCUT2D eigenvalue weighted by atomic mass is 35.5. The van der Waals surface area contributed by atoms with Gasteiger partial charge in [0.05, 0.1) is 0 Å². The number of rotatable bonds is 2. The van der Waals surface area contributed by atoms with E-state index in [1.54, 1.807) is 18.2 Å². The van der Waals surface area contributed by atoms with E-state index in [-0.39, 0.29) is 0 Å². The van der Waals surface area contributed by atoms with Gasteiger partial charge in [-0.25, -0.2) is 9.59 Å². The van der Waals surface area contributed by atoms with Crippen LogP contribution < -0.4 is 5.32 Å². The van der Waals surface area contributed by atoms with Crippen molar-refractivity contribution in [3.8, 4) is 0 Å². The third kappa shape index (κ3) is 2.28. The number of benzene rings is 1. The Kier molecular flexibility index (Phi) is 3.03. The van der Waals surface area contributed by atoms with Crippen molar-refractivity contribution < 1.29 is 14.3 Å². The van der Waals surface area contributed by atoms with Gasteiger partial charge in [0.1, 0.15) is 6.04 Å². The molecule has 0 aliphatic carbocycles. The molecule has 2 rings (SSSR count). The Bertz CT molecular complexity index is 461. The average Bonchev–Trinajstić information content (AvgIpc) is 2.50. The zero-order chi connectivity index (χ0) is 11.7. The van der Waals surface area contributed by atoms with Gasteiger partial charge in [-0.15, -0.1) is 0 Å². The molecule has 0 unspecified atom stereocenters. The smallest absolute Gasteiger partial charge is 0.375 e. The fraction of sp³-hybridized carbons (Fsp3) is 0.200. The molecular weight excluding hydrogens is 253 g/mol. The predicted octanol–water partition coefficient (Wildman–Crippen LogP) is 2.17. The Morgan fingerprint density at radius 2 is 2.06 bits per heavy atom. The molecule has 0 spiro atoms. The first-order valence-corrected chi connectivity index (χ1v) is 5.28. The molecule has 1 aromatic rings. The van der Waals surface area contributed by atoms with Crippen molar-refractivity contribution in [3.05, 3.63) is 33.8 Å². The molecule has 1 fully saturated rings. The molecule has 1 amide bonds. The minimum atomic E-state index is -0.722. The number of hydrogen-bond donors (Lipinski definition) is 1. The quantitative estimate of drug-likeness (QED) is 0.654. The van der Waals surface area contributed by atoms with Crippen molar-refractivity contribution in [3.63, 3.8) is 0 Å². The number of carbonyl (C=O) groups excluding carboxylic acids is 2. The summed E-state index contributed by atoms with van der Waals surface area (Å²) in [5, 5.41) is 3.37. The lowest BCUT2D eigenvalue weighted by Crippen LogP contribution is -2.30. The molecule has 1 atom stereocenters. The van der Waals surface area contributed by atoms with Crippen molar-refractivity contribution in [1.29, 1.82) is 0 Å². The largest absolute Gasteiger partial charge is 0.415 e. The van der Waals surface area contributed by atoms with Gasteiger partial charge in [0.2, 0.25) is 0 Å². The maximum absolute atomic E-state index is 11.2. The van der Waals surface area contributed by atoms with Crippen molar-refractivity contribution in [1.82, 2.24) is 5.32 Å². The fourth-order valence-corrected chi connectivity index (χ4v) is 1.92. The van der Waals surface area contributed by atoms with Crippen LogP contribution in [-0.4, -0.2) is 18.1 Å². The first-order valence-electron chi connectivity index (χ1n) is 4.52. The van der Waals surface area contributed by atoms with E-state index < -0.39 is 18.1 Å². The first-order chi connectivity index (χ1) is 7.56. The number of halogens is 2. The van der Waals surface area contributed by atoms with Crippen LogP contribution in [-0.2, 0) is 16.0 Å². The second kappa shape index (κ2) is 4.31. The van der Waals surface area contributed by atoms with E-state index in [0.717, 1.165) is 5.56 Å². The van der Waals surface area contributed by atoms with Crippen LogP contribution in [0.15, 0.2) is 18.2 Å². The molecule has 4 nitrogen and oxygen atoms in total. The highest BCUT2D eigenvalue weighted by Gasteiger charge is 2.32. The van der Waals surface area contributed by atoms with Crippen molar-refractivity contribution in [2.45, 2.75) is 12.5 Å². The molecule has 1 saturated heterocycles. The zero-order valence-corrected chi connectivity index (χ0v) is 9.51. The predicted molar refractivity (Wildman–Crippen MR) is 58.6 cm³/mol. The normalized spacial score (nSPS) is 19.5. The van der Waals surface area contributed by atoms with Crippen LogP contribution in [0.25, 0.3) is 0 Å². The average molecular weight is 260 g/mol. The Hall–Kier alpha value is -1.26. The molecule has 16 heavy (non-hydrogen) atoms. The fourth-order valence-electron chi connectivity index (χ4n) is 1.43. The highest BCUT2D eigenvalue weighted by molar-refractivity contribution is 6.35. The van der Waals surface area contributed by atoms with Crippen LogP contribution in [0.1, 0.15) is 5.56 Å². The second-order valence-corrected chi connectivity index (χ2v) is 4.19. The van der Waals surface area contributed by atoms with Crippen molar-refractivity contribution in [2.75, 3.05) is 0 Å². The van der Waals surface area contributed by atoms with E-state index >= 15 is 0 Å². The Balaban J connectivity index is 2.15. The Labute approximate surface area is 101 Å². The SMILES string of the molecule is O=C1N[C@@H](Cc2ccc(Cl)cc2Cl)C(=O)O1. The summed E-state index contributed by atoms with van der Waals surface area (Å²) in [6, 6.07) is 4.29. The standard InChI is InChI=1S/C10H7Cl2NO3/c11-6-2-1-5(7(12)4-6)3-8-9(14)16-10(15)13-8/h1-2,4,8H,3H2,(H,13,15)/t8-/m0/s1. The van der Waals surface area contributed by atoms with Gasteiger partial charge in [-0.05, 0) is 17.7 Å². The van der Waals surface area contributed by atoms with E-state index in [4.69, 9.17) is 23.2 Å². The van der Waals surface area contributed by atoms with Gasteiger partial charge in [-0.2, -0.15) is 0 Å². The molecule has 0 aromatic heterocycles. The lowest BCUT2D eigenvalue weighted by Gasteiger charge is -2.07. The van der Waals surface area contributed by atoms with Gasteiger partial charge < -0.3 is 10.1 Å². The third-order valence-electron chi connectivity index (χ3n) is 2.21. The second-order valence-electron chi connectivity index (χ2n) is 3.35. The maximum atomic E-state index is 11.2. The summed E-state index contributed by atoms with van der Waals surface area (Å²) < 4.78 is 4.35. The first kappa shape index (κ1) is 11.2. The summed E-state index contributed by atoms with van der Waals surface area (Å²) in [5.74, 6) is -0.587. The number of amides is 1. The lowest BCUT2D eigenvalue weighted by molar-refractivity contribution is -0.135. The summed E-state index contributed by atoms with van der Waals surface area (Å²) in [6.07, 6.45) is -0.430. The molecule has 1 aliphatic heterocycles. The van der Waals surface area contributed by atoms with Crippen molar-refractivity contribution in [2.24, 2.45) is 0 Å². The monoisotopic (exact) mass is 259 g/mol. The summed E-state index contributed by atoms with van der Waals surface area (Å²) in [4.78, 5) is 22.0. The molecule has 1 aromatic carbocycles. The van der Waals surface area contributed by atoms with Gasteiger partial charge in [0.25, 0.3) is 0 Å².